The van der Waals surface area contributed by atoms with E-state index in [0.717, 1.165) is 0 Å². The van der Waals surface area contributed by atoms with Crippen LogP contribution in [0.5, 0.6) is 0 Å². The number of nitrogens with zero attached hydrogens (tertiary/aromatic N) is 2. The summed E-state index contributed by atoms with van der Waals surface area (Å²) in [6, 6.07) is 1.46. The fraction of sp³-hybridized carbons (Fsp3) is 0.500. The lowest BCUT2D eigenvalue weighted by atomic mass is 10.4. The van der Waals surface area contributed by atoms with Crippen molar-refractivity contribution in [3.8, 4) is 0 Å². The van der Waals surface area contributed by atoms with Gasteiger partial charge in [0.2, 0.25) is 0 Å². The van der Waals surface area contributed by atoms with Crippen LogP contribution in [0.3, 0.4) is 0 Å². The Morgan fingerprint density at radius 3 is 2.69 bits per heavy atom. The Bertz CT molecular complexity index is 359. The van der Waals surface area contributed by atoms with Crippen LogP contribution in [0.25, 0.3) is 0 Å². The van der Waals surface area contributed by atoms with Crippen molar-refractivity contribution in [2.75, 3.05) is 12.0 Å². The molecule has 0 aliphatic heterocycles. The van der Waals surface area contributed by atoms with E-state index in [1.165, 1.54) is 17.8 Å². The molecule has 5 heteroatoms. The number of thioether (sulfide) groups is 1. The van der Waals surface area contributed by atoms with E-state index in [1.54, 1.807) is 4.57 Å². The normalized spacial score (nSPS) is 10.8. The van der Waals surface area contributed by atoms with E-state index in [4.69, 9.17) is 5.73 Å². The van der Waals surface area contributed by atoms with E-state index in [1.807, 2.05) is 20.1 Å². The smallest absolute Gasteiger partial charge is 0.256 e. The fourth-order valence-corrected chi connectivity index (χ4v) is 1.80. The first-order valence-corrected chi connectivity index (χ1v) is 5.21. The zero-order chi connectivity index (χ0) is 10.0. The third kappa shape index (κ3) is 2.03. The molecule has 0 atom stereocenters. The molecule has 0 aromatic carbocycles. The van der Waals surface area contributed by atoms with Gasteiger partial charge >= 0.3 is 0 Å². The van der Waals surface area contributed by atoms with E-state index in [9.17, 15) is 4.79 Å². The number of hydrogen-bond donors (Lipinski definition) is 1. The van der Waals surface area contributed by atoms with Gasteiger partial charge in [-0.3, -0.25) is 9.36 Å². The molecule has 0 fully saturated rings. The lowest BCUT2D eigenvalue weighted by Crippen LogP contribution is -2.24. The fourth-order valence-electron chi connectivity index (χ4n) is 1.11. The highest BCUT2D eigenvalue weighted by Crippen LogP contribution is 2.14. The second kappa shape index (κ2) is 3.83. The van der Waals surface area contributed by atoms with Gasteiger partial charge in [-0.2, -0.15) is 0 Å². The molecule has 0 saturated heterocycles. The highest BCUT2D eigenvalue weighted by molar-refractivity contribution is 7.98. The molecule has 0 unspecified atom stereocenters. The average molecular weight is 199 g/mol. The van der Waals surface area contributed by atoms with E-state index < -0.39 is 0 Å². The lowest BCUT2D eigenvalue weighted by molar-refractivity contribution is 0.514. The van der Waals surface area contributed by atoms with Crippen LogP contribution in [-0.4, -0.2) is 15.8 Å². The quantitative estimate of drug-likeness (QED) is 0.573. The van der Waals surface area contributed by atoms with Crippen molar-refractivity contribution in [2.24, 2.45) is 0 Å². The van der Waals surface area contributed by atoms with Crippen LogP contribution >= 0.6 is 11.8 Å². The second-order valence-electron chi connectivity index (χ2n) is 2.97. The van der Waals surface area contributed by atoms with Gasteiger partial charge in [0.05, 0.1) is 0 Å². The van der Waals surface area contributed by atoms with E-state index in [0.29, 0.717) is 5.16 Å². The Labute approximate surface area is 81.2 Å². The van der Waals surface area contributed by atoms with Gasteiger partial charge in [-0.1, -0.05) is 11.8 Å². The highest BCUT2D eigenvalue weighted by atomic mass is 32.2. The van der Waals surface area contributed by atoms with Crippen molar-refractivity contribution in [3.05, 3.63) is 16.4 Å². The summed E-state index contributed by atoms with van der Waals surface area (Å²) in [6.07, 6.45) is 1.88. The van der Waals surface area contributed by atoms with Crippen molar-refractivity contribution < 1.29 is 0 Å². The van der Waals surface area contributed by atoms with Crippen molar-refractivity contribution >= 4 is 17.6 Å². The Hall–Kier alpha value is -0.970. The van der Waals surface area contributed by atoms with Crippen molar-refractivity contribution in [2.45, 2.75) is 25.0 Å². The predicted molar refractivity (Wildman–Crippen MR) is 55.1 cm³/mol. The first-order valence-electron chi connectivity index (χ1n) is 3.99. The number of rotatable bonds is 2. The molecule has 0 bridgehead atoms. The number of hydrogen-bond acceptors (Lipinski definition) is 4. The predicted octanol–water partition coefficient (Wildman–Crippen LogP) is 1.13. The largest absolute Gasteiger partial charge is 0.383 e. The maximum atomic E-state index is 11.5. The number of nitrogen functional groups attached to an aromatic ring is 1. The molecule has 0 amide bonds. The Morgan fingerprint density at radius 2 is 2.23 bits per heavy atom. The van der Waals surface area contributed by atoms with Gasteiger partial charge in [0.25, 0.3) is 5.56 Å². The zero-order valence-electron chi connectivity index (χ0n) is 7.94. The van der Waals surface area contributed by atoms with Gasteiger partial charge in [-0.05, 0) is 20.1 Å². The van der Waals surface area contributed by atoms with Gasteiger partial charge in [-0.25, -0.2) is 4.98 Å². The van der Waals surface area contributed by atoms with Crippen LogP contribution in [0.2, 0.25) is 0 Å². The molecule has 13 heavy (non-hydrogen) atoms. The SMILES string of the molecule is CSc1nc(N)cc(=O)n1C(C)C. The summed E-state index contributed by atoms with van der Waals surface area (Å²) in [6.45, 7) is 3.89. The molecule has 0 aliphatic carbocycles. The van der Waals surface area contributed by atoms with E-state index in [2.05, 4.69) is 4.98 Å². The van der Waals surface area contributed by atoms with Gasteiger partial charge in [0, 0.05) is 12.1 Å². The molecule has 1 aromatic heterocycles. The van der Waals surface area contributed by atoms with Crippen LogP contribution in [0, 0.1) is 0 Å². The van der Waals surface area contributed by atoms with Crippen molar-refractivity contribution in [3.63, 3.8) is 0 Å². The molecule has 72 valence electrons. The molecular formula is C8H13N3OS. The summed E-state index contributed by atoms with van der Waals surface area (Å²) in [5.41, 5.74) is 5.38. The first kappa shape index (κ1) is 10.1. The minimum atomic E-state index is -0.0909. The summed E-state index contributed by atoms with van der Waals surface area (Å²) < 4.78 is 1.63. The third-order valence-electron chi connectivity index (χ3n) is 1.64. The second-order valence-corrected chi connectivity index (χ2v) is 3.74. The Balaban J connectivity index is 3.39. The maximum absolute atomic E-state index is 11.5. The zero-order valence-corrected chi connectivity index (χ0v) is 8.76. The summed E-state index contributed by atoms with van der Waals surface area (Å²) in [7, 11) is 0. The summed E-state index contributed by atoms with van der Waals surface area (Å²) in [5, 5.41) is 0.667. The summed E-state index contributed by atoms with van der Waals surface area (Å²) >= 11 is 1.42. The molecule has 2 N–H and O–H groups in total. The number of aromatic nitrogens is 2. The minimum absolute atomic E-state index is 0.0909. The first-order chi connectivity index (χ1) is 6.06. The van der Waals surface area contributed by atoms with Crippen LogP contribution in [0.15, 0.2) is 16.0 Å². The molecule has 1 aromatic rings. The molecule has 0 aliphatic rings. The third-order valence-corrected chi connectivity index (χ3v) is 2.29. The van der Waals surface area contributed by atoms with Crippen molar-refractivity contribution in [1.82, 2.24) is 9.55 Å². The number of nitrogens with two attached hydrogens (primary N) is 1. The van der Waals surface area contributed by atoms with E-state index in [-0.39, 0.29) is 17.4 Å². The lowest BCUT2D eigenvalue weighted by Gasteiger charge is -2.13. The minimum Gasteiger partial charge on any atom is -0.383 e. The molecule has 1 heterocycles. The maximum Gasteiger partial charge on any atom is 0.256 e. The Kier molecular flexibility index (Phi) is 2.98. The molecule has 1 rings (SSSR count). The van der Waals surface area contributed by atoms with Gasteiger partial charge < -0.3 is 5.73 Å². The summed E-state index contributed by atoms with van der Waals surface area (Å²) in [5.74, 6) is 0.284. The average Bonchev–Trinajstić information content (AvgIpc) is 2.01. The Morgan fingerprint density at radius 1 is 1.62 bits per heavy atom. The van der Waals surface area contributed by atoms with Gasteiger partial charge in [-0.15, -0.1) is 0 Å². The molecular weight excluding hydrogens is 186 g/mol. The molecule has 0 spiro atoms. The molecule has 0 saturated carbocycles. The monoisotopic (exact) mass is 199 g/mol. The van der Waals surface area contributed by atoms with E-state index >= 15 is 0 Å². The number of anilines is 1. The van der Waals surface area contributed by atoms with Crippen LogP contribution < -0.4 is 11.3 Å². The van der Waals surface area contributed by atoms with Crippen LogP contribution in [-0.2, 0) is 0 Å². The van der Waals surface area contributed by atoms with Crippen LogP contribution in [0.1, 0.15) is 19.9 Å². The van der Waals surface area contributed by atoms with Gasteiger partial charge in [0.1, 0.15) is 5.82 Å². The molecule has 4 nitrogen and oxygen atoms in total. The highest BCUT2D eigenvalue weighted by Gasteiger charge is 2.08. The van der Waals surface area contributed by atoms with Crippen molar-refractivity contribution in [1.29, 1.82) is 0 Å². The summed E-state index contributed by atoms with van der Waals surface area (Å²) in [4.78, 5) is 15.6. The molecule has 0 radical (unpaired) electrons. The topological polar surface area (TPSA) is 60.9 Å². The van der Waals surface area contributed by atoms with Crippen LogP contribution in [0.4, 0.5) is 5.82 Å². The standard InChI is InChI=1S/C8H13N3OS/c1-5(2)11-7(12)4-6(9)10-8(11)13-3/h4-5H,9H2,1-3H3. The van der Waals surface area contributed by atoms with Gasteiger partial charge in [0.15, 0.2) is 5.16 Å².